The third-order valence-corrected chi connectivity index (χ3v) is 6.11. The van der Waals surface area contributed by atoms with Crippen LogP contribution in [0.4, 0.5) is 0 Å². The SMILES string of the molecule is CCCCOCCCNC(=O)c1cc(S(=O)(=O)N(C)C)ccc1I. The van der Waals surface area contributed by atoms with Crippen molar-refractivity contribution in [2.24, 2.45) is 0 Å². The fraction of sp³-hybridized carbons (Fsp3) is 0.562. The Labute approximate surface area is 158 Å². The number of rotatable bonds is 10. The summed E-state index contributed by atoms with van der Waals surface area (Å²) in [6.45, 7) is 3.95. The highest BCUT2D eigenvalue weighted by Crippen LogP contribution is 2.19. The molecule has 0 atom stereocenters. The lowest BCUT2D eigenvalue weighted by atomic mass is 10.2. The number of benzene rings is 1. The van der Waals surface area contributed by atoms with Crippen LogP contribution >= 0.6 is 22.6 Å². The van der Waals surface area contributed by atoms with Crippen molar-refractivity contribution in [3.05, 3.63) is 27.3 Å². The summed E-state index contributed by atoms with van der Waals surface area (Å²) in [5.41, 5.74) is 0.366. The summed E-state index contributed by atoms with van der Waals surface area (Å²) in [6, 6.07) is 4.57. The molecule has 1 rings (SSSR count). The smallest absolute Gasteiger partial charge is 0.252 e. The minimum absolute atomic E-state index is 0.112. The normalized spacial score (nSPS) is 11.7. The highest BCUT2D eigenvalue weighted by molar-refractivity contribution is 14.1. The van der Waals surface area contributed by atoms with Gasteiger partial charge in [-0.2, -0.15) is 0 Å². The van der Waals surface area contributed by atoms with Gasteiger partial charge in [0.15, 0.2) is 0 Å². The molecule has 0 aromatic heterocycles. The quantitative estimate of drug-likeness (QED) is 0.423. The maximum atomic E-state index is 12.3. The summed E-state index contributed by atoms with van der Waals surface area (Å²) in [4.78, 5) is 12.4. The van der Waals surface area contributed by atoms with Crippen LogP contribution in [0.25, 0.3) is 0 Å². The van der Waals surface area contributed by atoms with E-state index in [0.717, 1.165) is 30.2 Å². The molecule has 6 nitrogen and oxygen atoms in total. The molecular weight excluding hydrogens is 443 g/mol. The van der Waals surface area contributed by atoms with Gasteiger partial charge in [0.1, 0.15) is 0 Å². The molecule has 0 spiro atoms. The Hall–Kier alpha value is -0.710. The van der Waals surface area contributed by atoms with Gasteiger partial charge in [0.2, 0.25) is 10.0 Å². The van der Waals surface area contributed by atoms with Gasteiger partial charge >= 0.3 is 0 Å². The van der Waals surface area contributed by atoms with Crippen molar-refractivity contribution in [3.63, 3.8) is 0 Å². The molecule has 136 valence electrons. The number of carbonyl (C=O) groups is 1. The lowest BCUT2D eigenvalue weighted by Gasteiger charge is -2.13. The second-order valence-electron chi connectivity index (χ2n) is 5.50. The van der Waals surface area contributed by atoms with Crippen LogP contribution in [0.5, 0.6) is 0 Å². The number of hydrogen-bond acceptors (Lipinski definition) is 4. The number of halogens is 1. The first-order chi connectivity index (χ1) is 11.3. The van der Waals surface area contributed by atoms with E-state index >= 15 is 0 Å². The van der Waals surface area contributed by atoms with Crippen LogP contribution in [-0.4, -0.2) is 52.5 Å². The first kappa shape index (κ1) is 21.3. The number of amides is 1. The lowest BCUT2D eigenvalue weighted by molar-refractivity contribution is 0.0939. The van der Waals surface area contributed by atoms with Gasteiger partial charge in [-0.3, -0.25) is 4.79 Å². The van der Waals surface area contributed by atoms with Crippen molar-refractivity contribution in [2.45, 2.75) is 31.1 Å². The van der Waals surface area contributed by atoms with E-state index in [2.05, 4.69) is 12.2 Å². The third kappa shape index (κ3) is 6.30. The Balaban J connectivity index is 2.64. The molecule has 24 heavy (non-hydrogen) atoms. The fourth-order valence-electron chi connectivity index (χ4n) is 1.87. The average molecular weight is 468 g/mol. The molecule has 0 saturated carbocycles. The molecule has 0 heterocycles. The number of unbranched alkanes of at least 4 members (excludes halogenated alkanes) is 1. The zero-order valence-electron chi connectivity index (χ0n) is 14.3. The summed E-state index contributed by atoms with van der Waals surface area (Å²) in [6.07, 6.45) is 2.86. The summed E-state index contributed by atoms with van der Waals surface area (Å²) in [5, 5.41) is 2.81. The van der Waals surface area contributed by atoms with Gasteiger partial charge in [0, 0.05) is 37.4 Å². The first-order valence-electron chi connectivity index (χ1n) is 7.88. The molecule has 1 amide bonds. The molecule has 0 bridgehead atoms. The van der Waals surface area contributed by atoms with Crippen LogP contribution in [0, 0.1) is 3.57 Å². The number of ether oxygens (including phenoxy) is 1. The van der Waals surface area contributed by atoms with Gasteiger partial charge in [-0.05, 0) is 53.6 Å². The Kier molecular flexibility index (Phi) is 9.17. The zero-order valence-corrected chi connectivity index (χ0v) is 17.3. The summed E-state index contributed by atoms with van der Waals surface area (Å²) >= 11 is 2.03. The van der Waals surface area contributed by atoms with Crippen molar-refractivity contribution in [1.29, 1.82) is 0 Å². The average Bonchev–Trinajstić information content (AvgIpc) is 2.53. The van der Waals surface area contributed by atoms with Gasteiger partial charge in [-0.15, -0.1) is 0 Å². The van der Waals surface area contributed by atoms with Crippen molar-refractivity contribution in [3.8, 4) is 0 Å². The molecule has 0 saturated heterocycles. The van der Waals surface area contributed by atoms with Crippen LogP contribution in [0.15, 0.2) is 23.1 Å². The van der Waals surface area contributed by atoms with E-state index < -0.39 is 10.0 Å². The maximum absolute atomic E-state index is 12.3. The van der Waals surface area contributed by atoms with Crippen LogP contribution in [0.3, 0.4) is 0 Å². The standard InChI is InChI=1S/C16H25IN2O4S/c1-4-5-10-23-11-6-9-18-16(20)14-12-13(7-8-15(14)17)24(21,22)19(2)3/h7-8,12H,4-6,9-11H2,1-3H3,(H,18,20). The number of nitrogens with zero attached hydrogens (tertiary/aromatic N) is 1. The van der Waals surface area contributed by atoms with Crippen molar-refractivity contribution < 1.29 is 17.9 Å². The molecule has 0 fully saturated rings. The largest absolute Gasteiger partial charge is 0.381 e. The van der Waals surface area contributed by atoms with Gasteiger partial charge < -0.3 is 10.1 Å². The number of carbonyl (C=O) groups excluding carboxylic acids is 1. The zero-order chi connectivity index (χ0) is 18.2. The van der Waals surface area contributed by atoms with Crippen LogP contribution < -0.4 is 5.32 Å². The maximum Gasteiger partial charge on any atom is 0.252 e. The Morgan fingerprint density at radius 1 is 1.25 bits per heavy atom. The van der Waals surface area contributed by atoms with Gasteiger partial charge in [-0.1, -0.05) is 13.3 Å². The van der Waals surface area contributed by atoms with E-state index in [1.54, 1.807) is 6.07 Å². The fourth-order valence-corrected chi connectivity index (χ4v) is 3.38. The van der Waals surface area contributed by atoms with Gasteiger partial charge in [0.05, 0.1) is 10.5 Å². The van der Waals surface area contributed by atoms with Gasteiger partial charge in [-0.25, -0.2) is 12.7 Å². The number of sulfonamides is 1. The molecule has 0 aliphatic heterocycles. The lowest BCUT2D eigenvalue weighted by Crippen LogP contribution is -2.27. The highest BCUT2D eigenvalue weighted by atomic mass is 127. The third-order valence-electron chi connectivity index (χ3n) is 3.35. The van der Waals surface area contributed by atoms with Gasteiger partial charge in [0.25, 0.3) is 5.91 Å². The van der Waals surface area contributed by atoms with E-state index in [9.17, 15) is 13.2 Å². The Morgan fingerprint density at radius 2 is 1.92 bits per heavy atom. The predicted molar refractivity (Wildman–Crippen MR) is 103 cm³/mol. The first-order valence-corrected chi connectivity index (χ1v) is 10.4. The second-order valence-corrected chi connectivity index (χ2v) is 8.82. The molecule has 0 unspecified atom stereocenters. The van der Waals surface area contributed by atoms with E-state index in [-0.39, 0.29) is 10.8 Å². The highest BCUT2D eigenvalue weighted by Gasteiger charge is 2.20. The monoisotopic (exact) mass is 468 g/mol. The topological polar surface area (TPSA) is 75.7 Å². The predicted octanol–water partition coefficient (Wildman–Crippen LogP) is 2.48. The molecule has 1 aromatic carbocycles. The molecule has 1 N–H and O–H groups in total. The summed E-state index contributed by atoms with van der Waals surface area (Å²) in [7, 11) is -0.630. The Morgan fingerprint density at radius 3 is 2.54 bits per heavy atom. The molecule has 0 radical (unpaired) electrons. The molecular formula is C16H25IN2O4S. The van der Waals surface area contributed by atoms with E-state index in [1.165, 1.54) is 26.2 Å². The van der Waals surface area contributed by atoms with E-state index in [0.29, 0.717) is 22.3 Å². The molecule has 1 aromatic rings. The minimum Gasteiger partial charge on any atom is -0.381 e. The van der Waals surface area contributed by atoms with Crippen LogP contribution in [0.1, 0.15) is 36.5 Å². The van der Waals surface area contributed by atoms with E-state index in [1.807, 2.05) is 22.6 Å². The Bertz CT molecular complexity index is 647. The molecule has 8 heteroatoms. The van der Waals surface area contributed by atoms with Crippen LogP contribution in [-0.2, 0) is 14.8 Å². The summed E-state index contributed by atoms with van der Waals surface area (Å²) in [5.74, 6) is -0.274. The van der Waals surface area contributed by atoms with Crippen molar-refractivity contribution >= 4 is 38.5 Å². The van der Waals surface area contributed by atoms with Crippen LogP contribution in [0.2, 0.25) is 0 Å². The molecule has 0 aliphatic carbocycles. The number of nitrogens with one attached hydrogen (secondary N) is 1. The molecule has 0 aliphatic rings. The second kappa shape index (κ2) is 10.3. The van der Waals surface area contributed by atoms with Crippen molar-refractivity contribution in [1.82, 2.24) is 9.62 Å². The number of hydrogen-bond donors (Lipinski definition) is 1. The van der Waals surface area contributed by atoms with E-state index in [4.69, 9.17) is 4.74 Å². The van der Waals surface area contributed by atoms with Crippen molar-refractivity contribution in [2.75, 3.05) is 33.9 Å². The summed E-state index contributed by atoms with van der Waals surface area (Å²) < 4.78 is 31.6. The minimum atomic E-state index is -3.56.